The summed E-state index contributed by atoms with van der Waals surface area (Å²) in [5.74, 6) is 0.478. The van der Waals surface area contributed by atoms with E-state index in [0.29, 0.717) is 18.9 Å². The number of hydrogen-bond donors (Lipinski definition) is 2. The zero-order valence-electron chi connectivity index (χ0n) is 12.6. The van der Waals surface area contributed by atoms with Gasteiger partial charge in [0.25, 0.3) is 0 Å². The van der Waals surface area contributed by atoms with Crippen molar-refractivity contribution in [2.75, 3.05) is 0 Å². The molecule has 1 aromatic heterocycles. The summed E-state index contributed by atoms with van der Waals surface area (Å²) in [6.07, 6.45) is 5.13. The molecule has 1 heterocycles. The van der Waals surface area contributed by atoms with Crippen LogP contribution in [0.3, 0.4) is 0 Å². The van der Waals surface area contributed by atoms with E-state index in [-0.39, 0.29) is 36.8 Å². The fourth-order valence-corrected chi connectivity index (χ4v) is 3.59. The van der Waals surface area contributed by atoms with Gasteiger partial charge in [-0.05, 0) is 32.6 Å². The minimum absolute atomic E-state index is 0. The Kier molecular flexibility index (Phi) is 9.45. The van der Waals surface area contributed by atoms with E-state index in [1.807, 2.05) is 13.8 Å². The first kappa shape index (κ1) is 20.6. The van der Waals surface area contributed by atoms with Gasteiger partial charge in [0.2, 0.25) is 5.91 Å². The van der Waals surface area contributed by atoms with Crippen LogP contribution in [0, 0.1) is 19.8 Å². The van der Waals surface area contributed by atoms with Gasteiger partial charge in [0.1, 0.15) is 0 Å². The molecule has 2 unspecified atom stereocenters. The fourth-order valence-electron chi connectivity index (χ4n) is 2.72. The molecule has 0 bridgehead atoms. The maximum Gasteiger partial charge on any atom is 0.220 e. The average molecular weight is 354 g/mol. The Labute approximate surface area is 143 Å². The van der Waals surface area contributed by atoms with Crippen LogP contribution in [-0.2, 0) is 11.3 Å². The number of carbonyl (C=O) groups excluding carboxylic acids is 1. The van der Waals surface area contributed by atoms with Gasteiger partial charge in [-0.15, -0.1) is 36.2 Å². The summed E-state index contributed by atoms with van der Waals surface area (Å²) >= 11 is 1.65. The predicted molar refractivity (Wildman–Crippen MR) is 92.5 cm³/mol. The molecule has 21 heavy (non-hydrogen) atoms. The molecule has 1 aliphatic carbocycles. The van der Waals surface area contributed by atoms with Crippen LogP contribution in [0.15, 0.2) is 0 Å². The number of thiazole rings is 1. The lowest BCUT2D eigenvalue weighted by molar-refractivity contribution is -0.122. The van der Waals surface area contributed by atoms with Gasteiger partial charge in [-0.2, -0.15) is 0 Å². The summed E-state index contributed by atoms with van der Waals surface area (Å²) in [6, 6.07) is 0.201. The number of carbonyl (C=O) groups is 1. The summed E-state index contributed by atoms with van der Waals surface area (Å²) < 4.78 is 0. The van der Waals surface area contributed by atoms with Gasteiger partial charge in [0.05, 0.1) is 17.2 Å². The lowest BCUT2D eigenvalue weighted by Crippen LogP contribution is -2.36. The van der Waals surface area contributed by atoms with Crippen LogP contribution in [0.2, 0.25) is 0 Å². The molecule has 2 atom stereocenters. The highest BCUT2D eigenvalue weighted by molar-refractivity contribution is 7.11. The second kappa shape index (κ2) is 9.62. The van der Waals surface area contributed by atoms with Gasteiger partial charge >= 0.3 is 0 Å². The van der Waals surface area contributed by atoms with Gasteiger partial charge in [0, 0.05) is 17.3 Å². The van der Waals surface area contributed by atoms with Gasteiger partial charge in [-0.3, -0.25) is 4.79 Å². The normalized spacial score (nSPS) is 21.1. The summed E-state index contributed by atoms with van der Waals surface area (Å²) in [5.41, 5.74) is 7.10. The Balaban J connectivity index is 0.00000200. The number of aryl methyl sites for hydroxylation is 2. The molecule has 0 aliphatic heterocycles. The average Bonchev–Trinajstić information content (AvgIpc) is 2.68. The van der Waals surface area contributed by atoms with Gasteiger partial charge in [-0.1, -0.05) is 12.8 Å². The minimum Gasteiger partial charge on any atom is -0.351 e. The Hall–Kier alpha value is -0.360. The Bertz CT molecular complexity index is 453. The maximum absolute atomic E-state index is 12.0. The first-order valence-corrected chi connectivity index (χ1v) is 7.83. The second-order valence-corrected chi connectivity index (χ2v) is 6.72. The number of nitrogens with one attached hydrogen (secondary N) is 1. The van der Waals surface area contributed by atoms with Crippen molar-refractivity contribution in [1.29, 1.82) is 0 Å². The molecular weight excluding hydrogens is 329 g/mol. The zero-order chi connectivity index (χ0) is 13.8. The largest absolute Gasteiger partial charge is 0.351 e. The molecule has 0 saturated heterocycles. The van der Waals surface area contributed by atoms with Crippen molar-refractivity contribution < 1.29 is 4.79 Å². The molecule has 1 aliphatic rings. The Morgan fingerprint density at radius 2 is 2.00 bits per heavy atom. The number of amides is 1. The third-order valence-corrected chi connectivity index (χ3v) is 4.93. The van der Waals surface area contributed by atoms with Crippen LogP contribution < -0.4 is 11.1 Å². The molecule has 7 heteroatoms. The van der Waals surface area contributed by atoms with Gasteiger partial charge in [-0.25, -0.2) is 4.98 Å². The van der Waals surface area contributed by atoms with Crippen LogP contribution >= 0.6 is 36.2 Å². The van der Waals surface area contributed by atoms with Gasteiger partial charge < -0.3 is 11.1 Å². The van der Waals surface area contributed by atoms with Crippen molar-refractivity contribution in [3.05, 3.63) is 15.6 Å². The highest BCUT2D eigenvalue weighted by Crippen LogP contribution is 2.25. The third kappa shape index (κ3) is 6.10. The van der Waals surface area contributed by atoms with Crippen LogP contribution in [-0.4, -0.2) is 16.9 Å². The van der Waals surface area contributed by atoms with Crippen LogP contribution in [0.1, 0.15) is 47.7 Å². The summed E-state index contributed by atoms with van der Waals surface area (Å²) in [6.45, 7) is 4.57. The summed E-state index contributed by atoms with van der Waals surface area (Å²) in [7, 11) is 0. The van der Waals surface area contributed by atoms with E-state index < -0.39 is 0 Å². The van der Waals surface area contributed by atoms with Crippen molar-refractivity contribution in [2.24, 2.45) is 11.7 Å². The van der Waals surface area contributed by atoms with E-state index in [1.165, 1.54) is 12.8 Å². The molecule has 0 aromatic carbocycles. The number of nitrogens with zero attached hydrogens (tertiary/aromatic N) is 1. The van der Waals surface area contributed by atoms with Gasteiger partial charge in [0.15, 0.2) is 0 Å². The van der Waals surface area contributed by atoms with Crippen molar-refractivity contribution in [2.45, 2.75) is 58.5 Å². The smallest absolute Gasteiger partial charge is 0.220 e. The molecule has 1 saturated carbocycles. The van der Waals surface area contributed by atoms with E-state index in [2.05, 4.69) is 10.3 Å². The maximum atomic E-state index is 12.0. The molecule has 1 fully saturated rings. The van der Waals surface area contributed by atoms with Crippen molar-refractivity contribution >= 4 is 42.1 Å². The quantitative estimate of drug-likeness (QED) is 0.873. The van der Waals surface area contributed by atoms with Crippen LogP contribution in [0.4, 0.5) is 0 Å². The first-order chi connectivity index (χ1) is 9.06. The number of halogens is 2. The highest BCUT2D eigenvalue weighted by Gasteiger charge is 2.24. The van der Waals surface area contributed by atoms with E-state index in [9.17, 15) is 4.79 Å². The molecule has 4 nitrogen and oxygen atoms in total. The van der Waals surface area contributed by atoms with Crippen molar-refractivity contribution in [3.8, 4) is 0 Å². The molecule has 3 N–H and O–H groups in total. The zero-order valence-corrected chi connectivity index (χ0v) is 15.0. The molecule has 1 aromatic rings. The summed E-state index contributed by atoms with van der Waals surface area (Å²) in [5, 5.41) is 4.05. The molecule has 0 spiro atoms. The van der Waals surface area contributed by atoms with E-state index >= 15 is 0 Å². The SMILES string of the molecule is Cc1nc(C)c(CNC(=O)CC2CCCCC2N)s1.Cl.Cl. The lowest BCUT2D eigenvalue weighted by atomic mass is 9.83. The number of hydrogen-bond acceptors (Lipinski definition) is 4. The Morgan fingerprint density at radius 3 is 2.57 bits per heavy atom. The summed E-state index contributed by atoms with van der Waals surface area (Å²) in [4.78, 5) is 17.5. The number of nitrogens with two attached hydrogens (primary N) is 1. The monoisotopic (exact) mass is 353 g/mol. The minimum atomic E-state index is 0. The molecule has 122 valence electrons. The third-order valence-electron chi connectivity index (χ3n) is 3.86. The van der Waals surface area contributed by atoms with Crippen LogP contribution in [0.25, 0.3) is 0 Å². The van der Waals surface area contributed by atoms with E-state index in [4.69, 9.17) is 5.73 Å². The highest BCUT2D eigenvalue weighted by atomic mass is 35.5. The van der Waals surface area contributed by atoms with E-state index in [1.54, 1.807) is 11.3 Å². The van der Waals surface area contributed by atoms with Crippen molar-refractivity contribution in [3.63, 3.8) is 0 Å². The fraction of sp³-hybridized carbons (Fsp3) is 0.714. The first-order valence-electron chi connectivity index (χ1n) is 7.01. The Morgan fingerprint density at radius 1 is 1.33 bits per heavy atom. The molecule has 0 radical (unpaired) electrons. The topological polar surface area (TPSA) is 68.0 Å². The second-order valence-electron chi connectivity index (χ2n) is 5.43. The van der Waals surface area contributed by atoms with E-state index in [0.717, 1.165) is 28.4 Å². The molecular formula is C14H25Cl2N3OS. The number of aromatic nitrogens is 1. The number of rotatable bonds is 4. The van der Waals surface area contributed by atoms with Crippen LogP contribution in [0.5, 0.6) is 0 Å². The van der Waals surface area contributed by atoms with Crippen molar-refractivity contribution in [1.82, 2.24) is 10.3 Å². The lowest BCUT2D eigenvalue weighted by Gasteiger charge is -2.27. The molecule has 2 rings (SSSR count). The standard InChI is InChI=1S/C14H23N3OS.2ClH/c1-9-13(19-10(2)17-9)8-16-14(18)7-11-5-3-4-6-12(11)15;;/h11-12H,3-8,15H2,1-2H3,(H,16,18);2*1H. The predicted octanol–water partition coefficient (Wildman–Crippen LogP) is 3.13. The molecule has 1 amide bonds.